The summed E-state index contributed by atoms with van der Waals surface area (Å²) in [5.74, 6) is 0.828. The number of halogens is 1. The minimum Gasteiger partial charge on any atom is -0.488 e. The molecule has 1 fully saturated rings. The predicted molar refractivity (Wildman–Crippen MR) is 97.7 cm³/mol. The fraction of sp³-hybridized carbons (Fsp3) is 0.368. The van der Waals surface area contributed by atoms with Gasteiger partial charge in [0.1, 0.15) is 12.4 Å². The van der Waals surface area contributed by atoms with Crippen molar-refractivity contribution in [3.63, 3.8) is 0 Å². The van der Waals surface area contributed by atoms with Gasteiger partial charge in [-0.15, -0.1) is 0 Å². The molecule has 2 aromatic rings. The second-order valence-electron chi connectivity index (χ2n) is 6.29. The molecule has 0 aliphatic carbocycles. The van der Waals surface area contributed by atoms with Gasteiger partial charge in [0.2, 0.25) is 0 Å². The molecule has 132 valence electrons. The number of benzene rings is 1. The van der Waals surface area contributed by atoms with E-state index in [0.29, 0.717) is 23.9 Å². The zero-order chi connectivity index (χ0) is 17.6. The molecule has 6 heteroatoms. The molecule has 2 heterocycles. The molecule has 1 aromatic carbocycles. The number of rotatable bonds is 7. The van der Waals surface area contributed by atoms with E-state index >= 15 is 0 Å². The van der Waals surface area contributed by atoms with Crippen molar-refractivity contribution in [1.82, 2.24) is 14.9 Å². The maximum Gasteiger partial charge on any atom is 0.138 e. The van der Waals surface area contributed by atoms with Gasteiger partial charge in [0.25, 0.3) is 0 Å². The summed E-state index contributed by atoms with van der Waals surface area (Å²) in [6.45, 7) is 6.28. The third-order valence-corrected chi connectivity index (χ3v) is 4.62. The molecule has 1 aromatic heterocycles. The maximum absolute atomic E-state index is 10.3. The summed E-state index contributed by atoms with van der Waals surface area (Å²) < 4.78 is 5.49. The number of hydrogen-bond donors (Lipinski definition) is 1. The summed E-state index contributed by atoms with van der Waals surface area (Å²) in [6, 6.07) is 5.81. The molecule has 3 rings (SSSR count). The SMILES string of the molecule is C=CCOc1ccc(CN2C[C@@H](Cc3cnccn3)[C@H](O)C2)cc1Cl. The summed E-state index contributed by atoms with van der Waals surface area (Å²) in [5, 5.41) is 10.9. The lowest BCUT2D eigenvalue weighted by Gasteiger charge is -2.16. The van der Waals surface area contributed by atoms with Crippen LogP contribution in [-0.2, 0) is 13.0 Å². The molecule has 25 heavy (non-hydrogen) atoms. The van der Waals surface area contributed by atoms with Crippen LogP contribution in [-0.4, -0.2) is 45.8 Å². The lowest BCUT2D eigenvalue weighted by atomic mass is 10.0. The summed E-state index contributed by atoms with van der Waals surface area (Å²) >= 11 is 6.27. The van der Waals surface area contributed by atoms with E-state index in [4.69, 9.17) is 16.3 Å². The Morgan fingerprint density at radius 3 is 2.96 bits per heavy atom. The van der Waals surface area contributed by atoms with Crippen LogP contribution in [0, 0.1) is 5.92 Å². The molecular weight excluding hydrogens is 338 g/mol. The van der Waals surface area contributed by atoms with Gasteiger partial charge in [-0.05, 0) is 24.1 Å². The number of β-amino-alcohol motifs (C(OH)–C–C–N with tert-alkyl or cyclic N) is 1. The highest BCUT2D eigenvalue weighted by Gasteiger charge is 2.31. The first-order chi connectivity index (χ1) is 12.2. The highest BCUT2D eigenvalue weighted by molar-refractivity contribution is 6.32. The van der Waals surface area contributed by atoms with Gasteiger partial charge in [0.05, 0.1) is 16.8 Å². The number of hydrogen-bond acceptors (Lipinski definition) is 5. The number of aliphatic hydroxyl groups excluding tert-OH is 1. The molecule has 2 atom stereocenters. The average molecular weight is 360 g/mol. The first kappa shape index (κ1) is 17.9. The number of aromatic nitrogens is 2. The van der Waals surface area contributed by atoms with Crippen LogP contribution in [0.25, 0.3) is 0 Å². The molecule has 0 bridgehead atoms. The van der Waals surface area contributed by atoms with Crippen molar-refractivity contribution >= 4 is 11.6 Å². The molecule has 1 saturated heterocycles. The second kappa shape index (κ2) is 8.43. The molecule has 0 amide bonds. The van der Waals surface area contributed by atoms with Crippen molar-refractivity contribution in [2.45, 2.75) is 19.1 Å². The van der Waals surface area contributed by atoms with Crippen LogP contribution >= 0.6 is 11.6 Å². The Kier molecular flexibility index (Phi) is 6.02. The third kappa shape index (κ3) is 4.78. The van der Waals surface area contributed by atoms with E-state index < -0.39 is 0 Å². The van der Waals surface area contributed by atoms with E-state index in [1.165, 1.54) is 0 Å². The van der Waals surface area contributed by atoms with Crippen LogP contribution in [0.1, 0.15) is 11.3 Å². The normalized spacial score (nSPS) is 20.6. The molecule has 0 saturated carbocycles. The predicted octanol–water partition coefficient (Wildman–Crippen LogP) is 2.73. The smallest absolute Gasteiger partial charge is 0.138 e. The highest BCUT2D eigenvalue weighted by atomic mass is 35.5. The Balaban J connectivity index is 1.58. The van der Waals surface area contributed by atoms with Gasteiger partial charge in [-0.1, -0.05) is 30.3 Å². The summed E-state index contributed by atoms with van der Waals surface area (Å²) in [4.78, 5) is 10.6. The second-order valence-corrected chi connectivity index (χ2v) is 6.69. The van der Waals surface area contributed by atoms with Crippen molar-refractivity contribution in [3.05, 3.63) is 65.7 Å². The van der Waals surface area contributed by atoms with Crippen molar-refractivity contribution in [1.29, 1.82) is 0 Å². The number of aliphatic hydroxyl groups is 1. The van der Waals surface area contributed by atoms with E-state index in [9.17, 15) is 5.11 Å². The van der Waals surface area contributed by atoms with Crippen molar-refractivity contribution < 1.29 is 9.84 Å². The van der Waals surface area contributed by atoms with Crippen molar-refractivity contribution in [2.75, 3.05) is 19.7 Å². The zero-order valence-corrected chi connectivity index (χ0v) is 14.8. The van der Waals surface area contributed by atoms with Gasteiger partial charge in [-0.25, -0.2) is 0 Å². The fourth-order valence-corrected chi connectivity index (χ4v) is 3.40. The average Bonchev–Trinajstić information content (AvgIpc) is 2.94. The zero-order valence-electron chi connectivity index (χ0n) is 14.0. The van der Waals surface area contributed by atoms with E-state index in [-0.39, 0.29) is 12.0 Å². The van der Waals surface area contributed by atoms with Crippen LogP contribution in [0.5, 0.6) is 5.75 Å². The van der Waals surface area contributed by atoms with Gasteiger partial charge >= 0.3 is 0 Å². The molecule has 1 aliphatic heterocycles. The van der Waals surface area contributed by atoms with Gasteiger partial charge in [0.15, 0.2) is 0 Å². The lowest BCUT2D eigenvalue weighted by Crippen LogP contribution is -2.21. The standard InChI is InChI=1S/C19H22ClN3O2/c1-2-7-25-19-4-3-14(8-17(19)20)11-23-12-15(18(24)13-23)9-16-10-21-5-6-22-16/h2-6,8,10,15,18,24H,1,7,9,11-13H2/t15-,18-/m1/s1. The van der Waals surface area contributed by atoms with Crippen LogP contribution < -0.4 is 4.74 Å². The lowest BCUT2D eigenvalue weighted by molar-refractivity contribution is 0.140. The van der Waals surface area contributed by atoms with Gasteiger partial charge in [-0.2, -0.15) is 0 Å². The number of ether oxygens (including phenoxy) is 1. The first-order valence-electron chi connectivity index (χ1n) is 8.33. The van der Waals surface area contributed by atoms with E-state index in [1.807, 2.05) is 18.2 Å². The van der Waals surface area contributed by atoms with Gasteiger partial charge < -0.3 is 9.84 Å². The molecule has 0 radical (unpaired) electrons. The van der Waals surface area contributed by atoms with Crippen LogP contribution in [0.15, 0.2) is 49.4 Å². The Morgan fingerprint density at radius 2 is 2.24 bits per heavy atom. The van der Waals surface area contributed by atoms with E-state index in [2.05, 4.69) is 21.4 Å². The topological polar surface area (TPSA) is 58.5 Å². The summed E-state index contributed by atoms with van der Waals surface area (Å²) in [7, 11) is 0. The third-order valence-electron chi connectivity index (χ3n) is 4.33. The molecule has 0 unspecified atom stereocenters. The van der Waals surface area contributed by atoms with Crippen molar-refractivity contribution in [3.8, 4) is 5.75 Å². The van der Waals surface area contributed by atoms with Crippen LogP contribution in [0.3, 0.4) is 0 Å². The number of nitrogens with zero attached hydrogens (tertiary/aromatic N) is 3. The Bertz CT molecular complexity index is 711. The van der Waals surface area contributed by atoms with Crippen LogP contribution in [0.4, 0.5) is 0 Å². The largest absolute Gasteiger partial charge is 0.488 e. The maximum atomic E-state index is 10.3. The fourth-order valence-electron chi connectivity index (χ4n) is 3.14. The quantitative estimate of drug-likeness (QED) is 0.770. The number of likely N-dealkylation sites (tertiary alicyclic amines) is 1. The molecule has 0 spiro atoms. The summed E-state index contributed by atoms with van der Waals surface area (Å²) in [5.41, 5.74) is 2.02. The molecule has 5 nitrogen and oxygen atoms in total. The molecule has 1 aliphatic rings. The highest BCUT2D eigenvalue weighted by Crippen LogP contribution is 2.28. The molecule has 1 N–H and O–H groups in total. The first-order valence-corrected chi connectivity index (χ1v) is 8.71. The minimum atomic E-state index is -0.354. The van der Waals surface area contributed by atoms with Crippen LogP contribution in [0.2, 0.25) is 5.02 Å². The molecular formula is C19H22ClN3O2. The van der Waals surface area contributed by atoms with Gasteiger partial charge in [0, 0.05) is 44.1 Å². The van der Waals surface area contributed by atoms with Crippen molar-refractivity contribution in [2.24, 2.45) is 5.92 Å². The van der Waals surface area contributed by atoms with E-state index in [1.54, 1.807) is 24.7 Å². The Morgan fingerprint density at radius 1 is 1.36 bits per heavy atom. The minimum absolute atomic E-state index is 0.169. The Labute approximate surface area is 152 Å². The van der Waals surface area contributed by atoms with Gasteiger partial charge in [-0.3, -0.25) is 14.9 Å². The monoisotopic (exact) mass is 359 g/mol. The Hall–Kier alpha value is -1.95. The van der Waals surface area contributed by atoms with E-state index in [0.717, 1.165) is 30.8 Å². The summed E-state index contributed by atoms with van der Waals surface area (Å²) in [6.07, 6.45) is 7.18.